The molecule has 9 nitrogen and oxygen atoms in total. The number of carbonyl (C=O) groups excluding carboxylic acids is 1. The smallest absolute Gasteiger partial charge is 0.232 e. The Morgan fingerprint density at radius 1 is 0.550 bits per heavy atom. The number of carbonyl (C=O) groups is 1. The highest BCUT2D eigenvalue weighted by atomic mass is 16.5. The van der Waals surface area contributed by atoms with E-state index in [0.717, 1.165) is 32.7 Å². The maximum Gasteiger partial charge on any atom is 0.232 e. The van der Waals surface area contributed by atoms with Crippen LogP contribution in [0.15, 0.2) is 73.1 Å². The van der Waals surface area contributed by atoms with Gasteiger partial charge in [0.25, 0.3) is 0 Å². The standard InChI is InChI=1S/C31H26N4O5/c1-37-25-11-17-5-7-19(9-21(17)13-27(25)39-3)30-32-15-23(34-30)29(36)24-16-33-31(35-24)20-8-6-18-12-26(38-2)28(40-4)14-22(18)10-20/h5-16H,1-4H3,(H,32,34)(H,33,35). The van der Waals surface area contributed by atoms with Crippen LogP contribution in [-0.2, 0) is 0 Å². The zero-order chi connectivity index (χ0) is 27.8. The van der Waals surface area contributed by atoms with Gasteiger partial charge in [0.1, 0.15) is 23.0 Å². The summed E-state index contributed by atoms with van der Waals surface area (Å²) in [5.41, 5.74) is 2.22. The summed E-state index contributed by atoms with van der Waals surface area (Å²) in [6, 6.07) is 19.5. The molecular formula is C31H26N4O5. The van der Waals surface area contributed by atoms with Crippen molar-refractivity contribution in [2.75, 3.05) is 28.4 Å². The lowest BCUT2D eigenvalue weighted by Crippen LogP contribution is -2.02. The summed E-state index contributed by atoms with van der Waals surface area (Å²) in [6.07, 6.45) is 3.20. The van der Waals surface area contributed by atoms with Gasteiger partial charge in [0.05, 0.1) is 28.4 Å². The first-order valence-electron chi connectivity index (χ1n) is 12.5. The van der Waals surface area contributed by atoms with E-state index in [1.54, 1.807) is 40.8 Å². The van der Waals surface area contributed by atoms with Gasteiger partial charge in [-0.2, -0.15) is 0 Å². The van der Waals surface area contributed by atoms with Gasteiger partial charge in [0.2, 0.25) is 5.78 Å². The van der Waals surface area contributed by atoms with Gasteiger partial charge in [-0.1, -0.05) is 24.3 Å². The Kier molecular flexibility index (Phi) is 6.31. The topological polar surface area (TPSA) is 111 Å². The highest BCUT2D eigenvalue weighted by molar-refractivity contribution is 6.07. The Hall–Kier alpha value is -5.31. The maximum atomic E-state index is 13.2. The Labute approximate surface area is 229 Å². The number of ether oxygens (including phenoxy) is 4. The van der Waals surface area contributed by atoms with E-state index in [4.69, 9.17) is 18.9 Å². The number of hydrogen-bond acceptors (Lipinski definition) is 7. The number of benzene rings is 4. The summed E-state index contributed by atoms with van der Waals surface area (Å²) < 4.78 is 21.7. The third kappa shape index (κ3) is 4.37. The van der Waals surface area contributed by atoms with Gasteiger partial charge in [0.15, 0.2) is 23.0 Å². The monoisotopic (exact) mass is 534 g/mol. The van der Waals surface area contributed by atoms with Crippen molar-refractivity contribution in [3.05, 3.63) is 84.4 Å². The molecule has 6 aromatic rings. The average molecular weight is 535 g/mol. The Morgan fingerprint density at radius 2 is 0.925 bits per heavy atom. The molecule has 2 heterocycles. The number of fused-ring (bicyclic) bond motifs is 2. The van der Waals surface area contributed by atoms with E-state index in [9.17, 15) is 4.79 Å². The van der Waals surface area contributed by atoms with Gasteiger partial charge in [-0.3, -0.25) is 4.79 Å². The van der Waals surface area contributed by atoms with Crippen molar-refractivity contribution in [1.29, 1.82) is 0 Å². The number of imidazole rings is 2. The molecule has 0 bridgehead atoms. The SMILES string of the molecule is COc1cc2ccc(-c3nc(C(=O)c4c[nH]c(-c5ccc6cc(OC)c(OC)cc6c5)n4)c[nH]3)cc2cc1OC. The number of methoxy groups -OCH3 is 4. The summed E-state index contributed by atoms with van der Waals surface area (Å²) in [5, 5.41) is 3.92. The van der Waals surface area contributed by atoms with Crippen LogP contribution in [0.5, 0.6) is 23.0 Å². The molecule has 0 aliphatic carbocycles. The minimum absolute atomic E-state index is 0.274. The molecular weight excluding hydrogens is 508 g/mol. The van der Waals surface area contributed by atoms with Gasteiger partial charge in [-0.15, -0.1) is 0 Å². The molecule has 0 radical (unpaired) electrons. The van der Waals surface area contributed by atoms with Gasteiger partial charge < -0.3 is 28.9 Å². The summed E-state index contributed by atoms with van der Waals surface area (Å²) in [6.45, 7) is 0. The fourth-order valence-electron chi connectivity index (χ4n) is 4.75. The average Bonchev–Trinajstić information content (AvgIpc) is 3.70. The van der Waals surface area contributed by atoms with Gasteiger partial charge >= 0.3 is 0 Å². The summed E-state index contributed by atoms with van der Waals surface area (Å²) in [5.74, 6) is 3.48. The molecule has 0 aliphatic rings. The molecule has 200 valence electrons. The number of aromatic nitrogens is 4. The molecule has 0 saturated carbocycles. The molecule has 0 amide bonds. The Balaban J connectivity index is 1.26. The quantitative estimate of drug-likeness (QED) is 0.229. The summed E-state index contributed by atoms with van der Waals surface area (Å²) >= 11 is 0. The molecule has 0 aliphatic heterocycles. The van der Waals surface area contributed by atoms with Crippen LogP contribution in [0.2, 0.25) is 0 Å². The highest BCUT2D eigenvalue weighted by Crippen LogP contribution is 2.35. The number of nitrogens with one attached hydrogen (secondary N) is 2. The first-order valence-corrected chi connectivity index (χ1v) is 12.5. The number of H-pyrrole nitrogens is 2. The van der Waals surface area contributed by atoms with E-state index in [0.29, 0.717) is 34.6 Å². The van der Waals surface area contributed by atoms with Crippen molar-refractivity contribution in [2.24, 2.45) is 0 Å². The van der Waals surface area contributed by atoms with Crippen molar-refractivity contribution in [3.63, 3.8) is 0 Å². The lowest BCUT2D eigenvalue weighted by atomic mass is 10.1. The zero-order valence-electron chi connectivity index (χ0n) is 22.4. The first-order chi connectivity index (χ1) is 19.5. The van der Waals surface area contributed by atoms with E-state index in [1.807, 2.05) is 60.7 Å². The molecule has 6 rings (SSSR count). The van der Waals surface area contributed by atoms with E-state index in [2.05, 4.69) is 19.9 Å². The minimum Gasteiger partial charge on any atom is -0.493 e. The molecule has 0 spiro atoms. The lowest BCUT2D eigenvalue weighted by molar-refractivity contribution is 0.103. The van der Waals surface area contributed by atoms with Crippen LogP contribution in [-0.4, -0.2) is 54.2 Å². The Morgan fingerprint density at radius 3 is 1.30 bits per heavy atom. The largest absolute Gasteiger partial charge is 0.493 e. The number of aromatic amines is 2. The summed E-state index contributed by atoms with van der Waals surface area (Å²) in [7, 11) is 6.43. The van der Waals surface area contributed by atoms with E-state index < -0.39 is 0 Å². The minimum atomic E-state index is -0.288. The second-order valence-electron chi connectivity index (χ2n) is 9.14. The first kappa shape index (κ1) is 25.0. The Bertz CT molecular complexity index is 1750. The zero-order valence-corrected chi connectivity index (χ0v) is 22.4. The van der Waals surface area contributed by atoms with Crippen molar-refractivity contribution < 1.29 is 23.7 Å². The fourth-order valence-corrected chi connectivity index (χ4v) is 4.75. The normalized spacial score (nSPS) is 11.1. The summed E-state index contributed by atoms with van der Waals surface area (Å²) in [4.78, 5) is 28.6. The number of nitrogens with zero attached hydrogens (tertiary/aromatic N) is 2. The number of rotatable bonds is 8. The van der Waals surface area contributed by atoms with Crippen LogP contribution in [0, 0.1) is 0 Å². The van der Waals surface area contributed by atoms with Crippen LogP contribution in [0.4, 0.5) is 0 Å². The van der Waals surface area contributed by atoms with Crippen LogP contribution in [0.3, 0.4) is 0 Å². The molecule has 9 heteroatoms. The predicted molar refractivity (Wildman–Crippen MR) is 153 cm³/mol. The number of hydrogen-bond donors (Lipinski definition) is 2. The van der Waals surface area contributed by atoms with E-state index >= 15 is 0 Å². The van der Waals surface area contributed by atoms with E-state index in [1.165, 1.54) is 0 Å². The van der Waals surface area contributed by atoms with Crippen LogP contribution in [0.25, 0.3) is 44.3 Å². The molecule has 2 N–H and O–H groups in total. The van der Waals surface area contributed by atoms with Crippen molar-refractivity contribution in [2.45, 2.75) is 0 Å². The molecule has 4 aromatic carbocycles. The second-order valence-corrected chi connectivity index (χ2v) is 9.14. The lowest BCUT2D eigenvalue weighted by Gasteiger charge is -2.09. The predicted octanol–water partition coefficient (Wildman–Crippen LogP) is 6.04. The molecule has 0 saturated heterocycles. The van der Waals surface area contributed by atoms with Crippen molar-refractivity contribution in [3.8, 4) is 45.8 Å². The van der Waals surface area contributed by atoms with Gasteiger partial charge in [-0.05, 0) is 57.9 Å². The third-order valence-electron chi connectivity index (χ3n) is 6.85. The van der Waals surface area contributed by atoms with E-state index in [-0.39, 0.29) is 17.2 Å². The molecule has 0 unspecified atom stereocenters. The molecule has 0 fully saturated rings. The van der Waals surface area contributed by atoms with Gasteiger partial charge in [-0.25, -0.2) is 9.97 Å². The molecule has 2 aromatic heterocycles. The maximum absolute atomic E-state index is 13.2. The fraction of sp³-hybridized carbons (Fsp3) is 0.129. The molecule has 40 heavy (non-hydrogen) atoms. The molecule has 0 atom stereocenters. The van der Waals surface area contributed by atoms with Gasteiger partial charge in [0, 0.05) is 23.5 Å². The van der Waals surface area contributed by atoms with Crippen LogP contribution in [0.1, 0.15) is 16.2 Å². The van der Waals surface area contributed by atoms with Crippen LogP contribution >= 0.6 is 0 Å². The van der Waals surface area contributed by atoms with Crippen molar-refractivity contribution >= 4 is 27.3 Å². The highest BCUT2D eigenvalue weighted by Gasteiger charge is 2.18. The second kappa shape index (κ2) is 10.1. The van der Waals surface area contributed by atoms with Crippen LogP contribution < -0.4 is 18.9 Å². The number of ketones is 1. The van der Waals surface area contributed by atoms with Crippen molar-refractivity contribution in [1.82, 2.24) is 19.9 Å². The third-order valence-corrected chi connectivity index (χ3v) is 6.85.